The first-order chi connectivity index (χ1) is 16.6. The Morgan fingerprint density at radius 3 is 2.11 bits per heavy atom. The predicted octanol–water partition coefficient (Wildman–Crippen LogP) is 1.43. The number of nitrogens with one attached hydrogen (secondary N) is 1. The molecule has 1 heterocycles. The van der Waals surface area contributed by atoms with E-state index < -0.39 is 54.0 Å². The molecule has 0 saturated heterocycles. The minimum absolute atomic E-state index is 0.160. The molecule has 4 N–H and O–H groups in total. The zero-order valence-corrected chi connectivity index (χ0v) is 20.6. The molecular weight excluding hydrogens is 544 g/mol. The van der Waals surface area contributed by atoms with Gasteiger partial charge in [-0.2, -0.15) is 16.8 Å². The Morgan fingerprint density at radius 1 is 0.944 bits per heavy atom. The second-order valence-electron chi connectivity index (χ2n) is 7.11. The molecule has 3 rings (SSSR count). The molecule has 0 radical (unpaired) electrons. The van der Waals surface area contributed by atoms with Gasteiger partial charge in [0.15, 0.2) is 15.5 Å². The number of hydrogen-bond acceptors (Lipinski definition) is 11. The number of H-pyrrole nitrogens is 1. The summed E-state index contributed by atoms with van der Waals surface area (Å²) in [6.07, 6.45) is 0. The predicted molar refractivity (Wildman–Crippen MR) is 123 cm³/mol. The SMILES string of the molecule is Cc1[nH]n(-c2ccc(S(=O)(=O)O)cc2)c(=O)c1N=Nc1ccc(S(=O)(=O)CCOS(=O)(=O)O)cc1O. The molecule has 0 spiro atoms. The number of sulfone groups is 1. The standard InChI is InChI=1S/C18H18N4O11S3/c1-11-17(18(24)22(21-11)12-2-4-13(5-3-12)35(27,28)29)20-19-15-7-6-14(10-16(15)23)34(25,26)9-8-33-36(30,31)32/h2-7,10,21,23H,8-9H2,1H3,(H,27,28,29)(H,30,31,32). The van der Waals surface area contributed by atoms with Crippen LogP contribution in [-0.2, 0) is 34.5 Å². The summed E-state index contributed by atoms with van der Waals surface area (Å²) in [5.74, 6) is -1.41. The lowest BCUT2D eigenvalue weighted by Crippen LogP contribution is -2.15. The average Bonchev–Trinajstić information content (AvgIpc) is 3.04. The molecule has 15 nitrogen and oxygen atoms in total. The van der Waals surface area contributed by atoms with Gasteiger partial charge in [-0.1, -0.05) is 0 Å². The van der Waals surface area contributed by atoms with Crippen LogP contribution in [0.4, 0.5) is 11.4 Å². The minimum Gasteiger partial charge on any atom is -0.506 e. The number of benzene rings is 2. The van der Waals surface area contributed by atoms with Gasteiger partial charge in [0.2, 0.25) is 0 Å². The Morgan fingerprint density at radius 2 is 1.56 bits per heavy atom. The highest BCUT2D eigenvalue weighted by atomic mass is 32.3. The van der Waals surface area contributed by atoms with Crippen LogP contribution in [0.15, 0.2) is 67.3 Å². The van der Waals surface area contributed by atoms with Crippen molar-refractivity contribution in [3.63, 3.8) is 0 Å². The maximum Gasteiger partial charge on any atom is 0.397 e. The number of azo groups is 1. The molecule has 1 aromatic heterocycles. The number of aromatic nitrogens is 2. The number of phenolic OH excluding ortho intramolecular Hbond substituents is 1. The summed E-state index contributed by atoms with van der Waals surface area (Å²) in [4.78, 5) is 12.0. The molecule has 0 saturated carbocycles. The second kappa shape index (κ2) is 9.91. The maximum atomic E-state index is 12.7. The summed E-state index contributed by atoms with van der Waals surface area (Å²) in [5, 5.41) is 20.5. The molecule has 194 valence electrons. The quantitative estimate of drug-likeness (QED) is 0.215. The third-order valence-electron chi connectivity index (χ3n) is 4.58. The van der Waals surface area contributed by atoms with Gasteiger partial charge in [0, 0.05) is 6.07 Å². The van der Waals surface area contributed by atoms with Crippen LogP contribution < -0.4 is 5.56 Å². The number of aryl methyl sites for hydroxylation is 1. The minimum atomic E-state index is -4.81. The summed E-state index contributed by atoms with van der Waals surface area (Å²) in [5.41, 5.74) is -0.527. The molecule has 0 atom stereocenters. The van der Waals surface area contributed by atoms with Crippen LogP contribution in [0.2, 0.25) is 0 Å². The summed E-state index contributed by atoms with van der Waals surface area (Å²) in [7, 11) is -13.3. The topological polar surface area (TPSA) is 235 Å². The number of aromatic hydroxyl groups is 1. The van der Waals surface area contributed by atoms with Crippen molar-refractivity contribution < 1.29 is 43.6 Å². The van der Waals surface area contributed by atoms with Crippen molar-refractivity contribution >= 4 is 41.7 Å². The van der Waals surface area contributed by atoms with Crippen molar-refractivity contribution in [2.45, 2.75) is 16.7 Å². The lowest BCUT2D eigenvalue weighted by Gasteiger charge is -2.05. The zero-order valence-electron chi connectivity index (χ0n) is 18.1. The second-order valence-corrected chi connectivity index (χ2v) is 11.7. The van der Waals surface area contributed by atoms with E-state index in [-0.39, 0.29) is 32.5 Å². The molecule has 0 aliphatic rings. The number of rotatable bonds is 9. The van der Waals surface area contributed by atoms with Crippen LogP contribution in [0.25, 0.3) is 5.69 Å². The van der Waals surface area contributed by atoms with E-state index in [2.05, 4.69) is 19.5 Å². The summed E-state index contributed by atoms with van der Waals surface area (Å²) < 4.78 is 90.5. The fourth-order valence-electron chi connectivity index (χ4n) is 2.86. The molecular formula is C18H18N4O11S3. The Kier molecular flexibility index (Phi) is 7.48. The van der Waals surface area contributed by atoms with Gasteiger partial charge in [-0.05, 0) is 43.3 Å². The normalized spacial score (nSPS) is 12.9. The zero-order chi connectivity index (χ0) is 26.9. The molecule has 0 aliphatic heterocycles. The smallest absolute Gasteiger partial charge is 0.397 e. The number of nitrogens with zero attached hydrogens (tertiary/aromatic N) is 3. The van der Waals surface area contributed by atoms with Gasteiger partial charge in [0.25, 0.3) is 15.7 Å². The molecule has 18 heteroatoms. The van der Waals surface area contributed by atoms with E-state index in [9.17, 15) is 35.2 Å². The Hall–Kier alpha value is -3.42. The van der Waals surface area contributed by atoms with E-state index in [1.807, 2.05) is 0 Å². The molecule has 0 aliphatic carbocycles. The van der Waals surface area contributed by atoms with Gasteiger partial charge in [0.1, 0.15) is 11.4 Å². The highest BCUT2D eigenvalue weighted by Gasteiger charge is 2.19. The van der Waals surface area contributed by atoms with E-state index in [0.717, 1.165) is 35.0 Å². The molecule has 0 bridgehead atoms. The molecule has 0 unspecified atom stereocenters. The number of aromatic amines is 1. The molecule has 0 amide bonds. The van der Waals surface area contributed by atoms with Gasteiger partial charge in [-0.15, -0.1) is 10.2 Å². The monoisotopic (exact) mass is 562 g/mol. The van der Waals surface area contributed by atoms with Gasteiger partial charge in [-0.25, -0.2) is 17.3 Å². The van der Waals surface area contributed by atoms with Crippen LogP contribution in [0.3, 0.4) is 0 Å². The third kappa shape index (κ3) is 6.42. The average molecular weight is 563 g/mol. The summed E-state index contributed by atoms with van der Waals surface area (Å²) in [6, 6.07) is 7.74. The maximum absolute atomic E-state index is 12.7. The van der Waals surface area contributed by atoms with E-state index in [1.165, 1.54) is 19.1 Å². The lowest BCUT2D eigenvalue weighted by molar-refractivity contribution is 0.284. The van der Waals surface area contributed by atoms with Crippen molar-refractivity contribution in [2.24, 2.45) is 10.2 Å². The van der Waals surface area contributed by atoms with E-state index in [4.69, 9.17) is 9.11 Å². The highest BCUT2D eigenvalue weighted by molar-refractivity contribution is 7.91. The van der Waals surface area contributed by atoms with Crippen LogP contribution in [0, 0.1) is 6.92 Å². The number of phenols is 1. The van der Waals surface area contributed by atoms with Crippen molar-refractivity contribution in [1.29, 1.82) is 0 Å². The summed E-state index contributed by atoms with van der Waals surface area (Å²) >= 11 is 0. The Bertz CT molecular complexity index is 1700. The van der Waals surface area contributed by atoms with Crippen LogP contribution in [0.5, 0.6) is 5.75 Å². The largest absolute Gasteiger partial charge is 0.506 e. The van der Waals surface area contributed by atoms with Crippen molar-refractivity contribution in [3.8, 4) is 11.4 Å². The van der Waals surface area contributed by atoms with E-state index in [1.54, 1.807) is 0 Å². The third-order valence-corrected chi connectivity index (χ3v) is 7.59. The van der Waals surface area contributed by atoms with Gasteiger partial charge in [-0.3, -0.25) is 19.0 Å². The first-order valence-electron chi connectivity index (χ1n) is 9.57. The van der Waals surface area contributed by atoms with Crippen molar-refractivity contribution in [3.05, 3.63) is 58.5 Å². The fraction of sp³-hybridized carbons (Fsp3) is 0.167. The first kappa shape index (κ1) is 27.2. The Labute approximate surface area is 204 Å². The highest BCUT2D eigenvalue weighted by Crippen LogP contribution is 2.31. The van der Waals surface area contributed by atoms with Gasteiger partial charge < -0.3 is 5.11 Å². The van der Waals surface area contributed by atoms with E-state index in [0.29, 0.717) is 0 Å². The Balaban J connectivity index is 1.84. The van der Waals surface area contributed by atoms with Crippen LogP contribution in [0.1, 0.15) is 5.69 Å². The fourth-order valence-corrected chi connectivity index (χ4v) is 4.84. The molecule has 36 heavy (non-hydrogen) atoms. The van der Waals surface area contributed by atoms with Crippen LogP contribution in [-0.4, -0.2) is 61.6 Å². The number of hydrogen-bond donors (Lipinski definition) is 4. The lowest BCUT2D eigenvalue weighted by atomic mass is 10.3. The molecule has 3 aromatic rings. The molecule has 0 fully saturated rings. The van der Waals surface area contributed by atoms with Crippen molar-refractivity contribution in [2.75, 3.05) is 12.4 Å². The van der Waals surface area contributed by atoms with Crippen LogP contribution >= 0.6 is 0 Å². The van der Waals surface area contributed by atoms with Crippen molar-refractivity contribution in [1.82, 2.24) is 9.78 Å². The summed E-state index contributed by atoms with van der Waals surface area (Å²) in [6.45, 7) is 0.657. The molecule has 2 aromatic carbocycles. The van der Waals surface area contributed by atoms with E-state index >= 15 is 0 Å². The first-order valence-corrected chi connectivity index (χ1v) is 14.0. The van der Waals surface area contributed by atoms with Gasteiger partial charge in [0.05, 0.1) is 33.5 Å². The van der Waals surface area contributed by atoms with Gasteiger partial charge >= 0.3 is 10.4 Å².